The maximum Gasteiger partial charge on any atom is 0.475 e. The van der Waals surface area contributed by atoms with E-state index in [1.165, 1.54) is 0 Å². The average Bonchev–Trinajstić information content (AvgIpc) is 2.68. The number of phosphoric acid groups is 1. The molecule has 10 nitrogen and oxygen atoms in total. The fourth-order valence-electron chi connectivity index (χ4n) is 1.88. The molecule has 0 heterocycles. The lowest BCUT2D eigenvalue weighted by Gasteiger charge is -2.26. The number of carbonyl (C=O) groups excluding carboxylic acids is 3. The third-order valence-corrected chi connectivity index (χ3v) is 5.44. The molecule has 0 N–H and O–H groups in total. The normalized spacial score (nSPS) is 16.4. The van der Waals surface area contributed by atoms with Crippen molar-refractivity contribution in [2.75, 3.05) is 19.8 Å². The summed E-state index contributed by atoms with van der Waals surface area (Å²) in [6.07, 6.45) is -2.35. The minimum absolute atomic E-state index is 0.164. The standard InChI is InChI=1S/C21H39O10P/c1-13(2)19(22)26-10-17(8)30-32(25,28-12-16(7)29-21(24)15(5)6)31-18(9)11-27-20(23)14(3)4/h13-18H,10-12H2,1-9H3. The van der Waals surface area contributed by atoms with Gasteiger partial charge in [-0.05, 0) is 20.8 Å². The molecule has 188 valence electrons. The van der Waals surface area contributed by atoms with Crippen molar-refractivity contribution in [3.8, 4) is 0 Å². The zero-order chi connectivity index (χ0) is 25.1. The van der Waals surface area contributed by atoms with Crippen LogP contribution in [0.1, 0.15) is 62.3 Å². The van der Waals surface area contributed by atoms with Crippen LogP contribution >= 0.6 is 7.82 Å². The number of phosphoric ester groups is 1. The largest absolute Gasteiger partial charge is 0.475 e. The summed E-state index contributed by atoms with van der Waals surface area (Å²) in [4.78, 5) is 35.1. The number of ether oxygens (including phenoxy) is 3. The Labute approximate surface area is 191 Å². The molecule has 0 amide bonds. The molecule has 0 radical (unpaired) electrons. The Morgan fingerprint density at radius 2 is 0.969 bits per heavy atom. The van der Waals surface area contributed by atoms with Gasteiger partial charge in [-0.15, -0.1) is 0 Å². The van der Waals surface area contributed by atoms with Gasteiger partial charge in [0.25, 0.3) is 0 Å². The van der Waals surface area contributed by atoms with E-state index in [9.17, 15) is 18.9 Å². The van der Waals surface area contributed by atoms with E-state index in [0.29, 0.717) is 0 Å². The van der Waals surface area contributed by atoms with Crippen LogP contribution < -0.4 is 0 Å². The molecule has 11 heteroatoms. The van der Waals surface area contributed by atoms with Gasteiger partial charge in [0.05, 0.1) is 24.4 Å². The van der Waals surface area contributed by atoms with E-state index < -0.39 is 44.0 Å². The molecule has 0 aliphatic rings. The van der Waals surface area contributed by atoms with E-state index in [1.54, 1.807) is 62.3 Å². The maximum absolute atomic E-state index is 13.2. The maximum atomic E-state index is 13.2. The first kappa shape index (κ1) is 30.5. The lowest BCUT2D eigenvalue weighted by molar-refractivity contribution is -0.153. The Hall–Kier alpha value is -1.48. The van der Waals surface area contributed by atoms with Crippen LogP contribution in [0.4, 0.5) is 0 Å². The summed E-state index contributed by atoms with van der Waals surface area (Å²) in [5.41, 5.74) is 0. The Morgan fingerprint density at radius 1 is 0.594 bits per heavy atom. The van der Waals surface area contributed by atoms with Gasteiger partial charge in [0.2, 0.25) is 0 Å². The van der Waals surface area contributed by atoms with Crippen LogP contribution in [-0.4, -0.2) is 56.0 Å². The Bertz CT molecular complexity index is 610. The number of hydrogen-bond acceptors (Lipinski definition) is 10. The molecule has 0 aromatic rings. The lowest BCUT2D eigenvalue weighted by atomic mass is 10.2. The van der Waals surface area contributed by atoms with Crippen molar-refractivity contribution in [1.29, 1.82) is 0 Å². The van der Waals surface area contributed by atoms with Crippen LogP contribution in [0.3, 0.4) is 0 Å². The van der Waals surface area contributed by atoms with Crippen LogP contribution in [-0.2, 0) is 46.7 Å². The molecule has 0 saturated heterocycles. The fraction of sp³-hybridized carbons (Fsp3) is 0.857. The fourth-order valence-corrected chi connectivity index (χ4v) is 3.45. The van der Waals surface area contributed by atoms with E-state index in [1.807, 2.05) is 0 Å². The highest BCUT2D eigenvalue weighted by atomic mass is 31.2. The van der Waals surface area contributed by atoms with Crippen molar-refractivity contribution in [1.82, 2.24) is 0 Å². The number of carbonyl (C=O) groups is 3. The van der Waals surface area contributed by atoms with Gasteiger partial charge >= 0.3 is 25.7 Å². The molecule has 0 aromatic carbocycles. The summed E-state index contributed by atoms with van der Waals surface area (Å²) in [5.74, 6) is -2.27. The van der Waals surface area contributed by atoms with Crippen molar-refractivity contribution in [3.63, 3.8) is 0 Å². The van der Waals surface area contributed by atoms with Crippen LogP contribution in [0.15, 0.2) is 0 Å². The highest BCUT2D eigenvalue weighted by molar-refractivity contribution is 7.48. The molecular weight excluding hydrogens is 443 g/mol. The molecule has 0 saturated carbocycles. The smallest absolute Gasteiger partial charge is 0.463 e. The number of hydrogen-bond donors (Lipinski definition) is 0. The topological polar surface area (TPSA) is 124 Å². The predicted octanol–water partition coefficient (Wildman–Crippen LogP) is 3.91. The van der Waals surface area contributed by atoms with Crippen LogP contribution in [0, 0.1) is 17.8 Å². The summed E-state index contributed by atoms with van der Waals surface area (Å²) in [6, 6.07) is 0. The quantitative estimate of drug-likeness (QED) is 0.193. The highest BCUT2D eigenvalue weighted by Gasteiger charge is 2.34. The minimum atomic E-state index is -4.19. The highest BCUT2D eigenvalue weighted by Crippen LogP contribution is 2.52. The van der Waals surface area contributed by atoms with Crippen LogP contribution in [0.2, 0.25) is 0 Å². The molecule has 0 spiro atoms. The van der Waals surface area contributed by atoms with E-state index in [-0.39, 0.29) is 37.6 Å². The second kappa shape index (κ2) is 14.6. The third-order valence-electron chi connectivity index (χ3n) is 3.74. The summed E-state index contributed by atoms with van der Waals surface area (Å²) in [5, 5.41) is 0. The molecule has 0 fully saturated rings. The van der Waals surface area contributed by atoms with Crippen LogP contribution in [0.5, 0.6) is 0 Å². The van der Waals surface area contributed by atoms with Gasteiger partial charge in [0.1, 0.15) is 31.5 Å². The van der Waals surface area contributed by atoms with Gasteiger partial charge < -0.3 is 14.2 Å². The molecule has 0 bridgehead atoms. The predicted molar refractivity (Wildman–Crippen MR) is 117 cm³/mol. The van der Waals surface area contributed by atoms with Crippen molar-refractivity contribution >= 4 is 25.7 Å². The van der Waals surface area contributed by atoms with Crippen molar-refractivity contribution < 1.29 is 46.7 Å². The molecular formula is C21H39O10P. The summed E-state index contributed by atoms with van der Waals surface area (Å²) in [6.45, 7) is 14.2. The zero-order valence-corrected chi connectivity index (χ0v) is 21.5. The first-order valence-corrected chi connectivity index (χ1v) is 12.3. The summed E-state index contributed by atoms with van der Waals surface area (Å²) in [7, 11) is -4.19. The van der Waals surface area contributed by atoms with Gasteiger partial charge in [-0.1, -0.05) is 41.5 Å². The molecule has 32 heavy (non-hydrogen) atoms. The van der Waals surface area contributed by atoms with Crippen molar-refractivity contribution in [2.45, 2.75) is 80.6 Å². The van der Waals surface area contributed by atoms with Gasteiger partial charge in [-0.25, -0.2) is 4.57 Å². The van der Waals surface area contributed by atoms with E-state index in [4.69, 9.17) is 27.8 Å². The van der Waals surface area contributed by atoms with Crippen LogP contribution in [0.25, 0.3) is 0 Å². The molecule has 3 unspecified atom stereocenters. The molecule has 0 aliphatic heterocycles. The monoisotopic (exact) mass is 482 g/mol. The van der Waals surface area contributed by atoms with Crippen molar-refractivity contribution in [3.05, 3.63) is 0 Å². The van der Waals surface area contributed by atoms with Gasteiger partial charge in [-0.3, -0.25) is 28.0 Å². The van der Waals surface area contributed by atoms with Gasteiger partial charge in [0, 0.05) is 0 Å². The first-order valence-electron chi connectivity index (χ1n) is 10.8. The Morgan fingerprint density at radius 3 is 1.31 bits per heavy atom. The third kappa shape index (κ3) is 13.2. The molecule has 3 atom stereocenters. The average molecular weight is 483 g/mol. The molecule has 0 aliphatic carbocycles. The van der Waals surface area contributed by atoms with Crippen molar-refractivity contribution in [2.24, 2.45) is 17.8 Å². The summed E-state index contributed by atoms with van der Waals surface area (Å²) >= 11 is 0. The van der Waals surface area contributed by atoms with E-state index >= 15 is 0 Å². The molecule has 0 rings (SSSR count). The SMILES string of the molecule is CC(COP(=O)(OC(C)COC(=O)C(C)C)OC(C)COC(=O)C(C)C)OC(=O)C(C)C. The second-order valence-electron chi connectivity index (χ2n) is 8.55. The van der Waals surface area contributed by atoms with E-state index in [0.717, 1.165) is 0 Å². The Balaban J connectivity index is 5.09. The number of rotatable bonds is 15. The first-order chi connectivity index (χ1) is 14.7. The number of esters is 3. The second-order valence-corrected chi connectivity index (χ2v) is 10.1. The summed E-state index contributed by atoms with van der Waals surface area (Å²) < 4.78 is 44.9. The lowest BCUT2D eigenvalue weighted by Crippen LogP contribution is -2.26. The zero-order valence-electron chi connectivity index (χ0n) is 20.6. The molecule has 0 aromatic heterocycles. The minimum Gasteiger partial charge on any atom is -0.463 e. The van der Waals surface area contributed by atoms with E-state index in [2.05, 4.69) is 0 Å². The van der Waals surface area contributed by atoms with Gasteiger partial charge in [-0.2, -0.15) is 0 Å². The van der Waals surface area contributed by atoms with Gasteiger partial charge in [0.15, 0.2) is 0 Å². The Kier molecular flexibility index (Phi) is 13.9.